The summed E-state index contributed by atoms with van der Waals surface area (Å²) in [6.07, 6.45) is 0. The van der Waals surface area contributed by atoms with Crippen LogP contribution in [-0.2, 0) is 0 Å². The Labute approximate surface area is 254 Å². The maximum atomic E-state index is 14.9. The van der Waals surface area contributed by atoms with Crippen LogP contribution in [0.5, 0.6) is 0 Å². The Morgan fingerprint density at radius 2 is 1.07 bits per heavy atom. The van der Waals surface area contributed by atoms with E-state index in [1.807, 2.05) is 121 Å². The minimum absolute atomic E-state index is 0.231. The lowest BCUT2D eigenvalue weighted by molar-refractivity contribution is 0.923. The van der Waals surface area contributed by atoms with Crippen LogP contribution in [0.3, 0.4) is 0 Å². The van der Waals surface area contributed by atoms with Crippen LogP contribution in [-0.4, -0.2) is 28.5 Å². The summed E-state index contributed by atoms with van der Waals surface area (Å²) >= 11 is 0. The number of benzene rings is 5. The zero-order valence-electron chi connectivity index (χ0n) is 23.7. The monoisotopic (exact) mass is 582 g/mol. The van der Waals surface area contributed by atoms with Gasteiger partial charge in [0.1, 0.15) is 5.52 Å². The molecular weight excluding hydrogens is 560 g/mol. The van der Waals surface area contributed by atoms with Crippen LogP contribution in [0.4, 0.5) is 0 Å². The topological polar surface area (TPSA) is 87.1 Å². The molecule has 0 spiro atoms. The van der Waals surface area contributed by atoms with Crippen LogP contribution in [0.1, 0.15) is 0 Å². The molecule has 4 aromatic heterocycles. The molecule has 0 bridgehead atoms. The predicted octanol–water partition coefficient (Wildman–Crippen LogP) is 6.71. The summed E-state index contributed by atoms with van der Waals surface area (Å²) in [5.74, 6) is 0.561. The molecule has 0 N–H and O–H groups in total. The second-order valence-corrected chi connectivity index (χ2v) is 10.9. The Morgan fingerprint density at radius 3 is 1.82 bits per heavy atom. The van der Waals surface area contributed by atoms with Crippen molar-refractivity contribution in [2.75, 3.05) is 0 Å². The van der Waals surface area contributed by atoms with Crippen molar-refractivity contribution < 1.29 is 0 Å². The molecule has 212 valence electrons. The van der Waals surface area contributed by atoms with Crippen molar-refractivity contribution in [3.63, 3.8) is 0 Å². The fourth-order valence-corrected chi connectivity index (χ4v) is 6.31. The highest BCUT2D eigenvalue weighted by Crippen LogP contribution is 2.33. The first kappa shape index (κ1) is 25.1. The SMILES string of the molecule is O=c1c2c(c3ccccc3n2-c2nc(-c3ccccc3)c3ccccc3n2)n2c(=O)c3ccccc3nc2n1-c1ccccc1. The van der Waals surface area contributed by atoms with E-state index in [1.54, 1.807) is 21.1 Å². The first-order valence-electron chi connectivity index (χ1n) is 14.6. The zero-order chi connectivity index (χ0) is 30.1. The normalized spacial score (nSPS) is 11.7. The number of hydrogen-bond donors (Lipinski definition) is 0. The lowest BCUT2D eigenvalue weighted by Crippen LogP contribution is -2.29. The van der Waals surface area contributed by atoms with Crippen LogP contribution >= 0.6 is 0 Å². The molecule has 0 amide bonds. The van der Waals surface area contributed by atoms with E-state index in [2.05, 4.69) is 0 Å². The molecule has 0 saturated heterocycles. The van der Waals surface area contributed by atoms with E-state index in [-0.39, 0.29) is 22.4 Å². The first-order valence-corrected chi connectivity index (χ1v) is 14.6. The lowest BCUT2D eigenvalue weighted by Gasteiger charge is -2.14. The van der Waals surface area contributed by atoms with Gasteiger partial charge in [0.2, 0.25) is 11.7 Å². The van der Waals surface area contributed by atoms with E-state index < -0.39 is 0 Å². The van der Waals surface area contributed by atoms with Crippen molar-refractivity contribution in [2.45, 2.75) is 0 Å². The van der Waals surface area contributed by atoms with Gasteiger partial charge in [-0.25, -0.2) is 23.9 Å². The summed E-state index contributed by atoms with van der Waals surface area (Å²) in [6.45, 7) is 0. The van der Waals surface area contributed by atoms with E-state index in [0.29, 0.717) is 39.0 Å². The quantitative estimate of drug-likeness (QED) is 0.216. The third-order valence-electron chi connectivity index (χ3n) is 8.29. The summed E-state index contributed by atoms with van der Waals surface area (Å²) in [5.41, 5.74) is 4.34. The van der Waals surface area contributed by atoms with Gasteiger partial charge in [0.25, 0.3) is 11.1 Å². The molecule has 0 atom stereocenters. The molecule has 8 nitrogen and oxygen atoms in total. The first-order chi connectivity index (χ1) is 22.2. The number of para-hydroxylation sites is 4. The van der Waals surface area contributed by atoms with Gasteiger partial charge in [0.15, 0.2) is 0 Å². The molecule has 0 aliphatic rings. The second-order valence-electron chi connectivity index (χ2n) is 10.9. The Kier molecular flexibility index (Phi) is 5.33. The number of aromatic nitrogens is 6. The third kappa shape index (κ3) is 3.63. The smallest absolute Gasteiger partial charge is 0.271 e. The van der Waals surface area contributed by atoms with E-state index in [4.69, 9.17) is 15.0 Å². The fraction of sp³-hybridized carbons (Fsp3) is 0. The Bertz CT molecular complexity index is 2750. The molecule has 5 aromatic carbocycles. The van der Waals surface area contributed by atoms with Crippen molar-refractivity contribution >= 4 is 49.5 Å². The minimum Gasteiger partial charge on any atom is -0.271 e. The summed E-state index contributed by atoms with van der Waals surface area (Å²) in [7, 11) is 0. The zero-order valence-corrected chi connectivity index (χ0v) is 23.7. The van der Waals surface area contributed by atoms with Crippen LogP contribution in [0.15, 0.2) is 143 Å². The largest absolute Gasteiger partial charge is 0.284 e. The van der Waals surface area contributed by atoms with Gasteiger partial charge >= 0.3 is 0 Å². The molecule has 0 aliphatic carbocycles. The van der Waals surface area contributed by atoms with Gasteiger partial charge in [-0.3, -0.25) is 14.2 Å². The predicted molar refractivity (Wildman–Crippen MR) is 177 cm³/mol. The van der Waals surface area contributed by atoms with Crippen LogP contribution < -0.4 is 11.1 Å². The fourth-order valence-electron chi connectivity index (χ4n) is 6.31. The molecule has 0 aliphatic heterocycles. The maximum Gasteiger partial charge on any atom is 0.284 e. The molecule has 8 heteroatoms. The Hall–Kier alpha value is -6.41. The van der Waals surface area contributed by atoms with Crippen molar-refractivity contribution in [3.05, 3.63) is 154 Å². The van der Waals surface area contributed by atoms with E-state index in [9.17, 15) is 9.59 Å². The molecule has 0 fully saturated rings. The summed E-state index contributed by atoms with van der Waals surface area (Å²) in [6, 6.07) is 41.9. The maximum absolute atomic E-state index is 14.9. The van der Waals surface area contributed by atoms with Gasteiger partial charge in [-0.1, -0.05) is 97.1 Å². The van der Waals surface area contributed by atoms with E-state index in [1.165, 1.54) is 4.57 Å². The second kappa shape index (κ2) is 9.55. The number of nitrogens with zero attached hydrogens (tertiary/aromatic N) is 6. The molecule has 4 heterocycles. The van der Waals surface area contributed by atoms with Crippen LogP contribution in [0, 0.1) is 0 Å². The Balaban J connectivity index is 1.54. The van der Waals surface area contributed by atoms with Gasteiger partial charge < -0.3 is 0 Å². The lowest BCUT2D eigenvalue weighted by atomic mass is 10.1. The van der Waals surface area contributed by atoms with Gasteiger partial charge in [-0.2, -0.15) is 0 Å². The highest BCUT2D eigenvalue weighted by atomic mass is 16.1. The standard InChI is InChI=1S/C37H22N6O2/c44-34-26-18-8-11-21-29(26)39-37-41(24-15-5-2-6-16-24)35(45)33-32(43(34)37)27-19-9-12-22-30(27)42(33)36-38-28-20-10-7-17-25(28)31(40-36)23-13-3-1-4-14-23/h1-22H. The van der Waals surface area contributed by atoms with Gasteiger partial charge in [0.05, 0.1) is 38.8 Å². The van der Waals surface area contributed by atoms with Crippen LogP contribution in [0.2, 0.25) is 0 Å². The Morgan fingerprint density at radius 1 is 0.467 bits per heavy atom. The van der Waals surface area contributed by atoms with Crippen LogP contribution in [0.25, 0.3) is 72.4 Å². The highest BCUT2D eigenvalue weighted by Gasteiger charge is 2.25. The molecule has 45 heavy (non-hydrogen) atoms. The van der Waals surface area contributed by atoms with E-state index >= 15 is 0 Å². The average molecular weight is 583 g/mol. The van der Waals surface area contributed by atoms with Gasteiger partial charge in [0, 0.05) is 16.3 Å². The van der Waals surface area contributed by atoms with Gasteiger partial charge in [-0.05, 0) is 36.4 Å². The van der Waals surface area contributed by atoms with Crippen molar-refractivity contribution in [1.29, 1.82) is 0 Å². The third-order valence-corrected chi connectivity index (χ3v) is 8.29. The minimum atomic E-state index is -0.340. The number of hydrogen-bond acceptors (Lipinski definition) is 5. The molecule has 9 rings (SSSR count). The number of fused-ring (bicyclic) bond motifs is 7. The van der Waals surface area contributed by atoms with E-state index in [0.717, 1.165) is 22.2 Å². The molecule has 0 radical (unpaired) electrons. The molecule has 9 aromatic rings. The summed E-state index contributed by atoms with van der Waals surface area (Å²) < 4.78 is 4.85. The molecular formula is C37H22N6O2. The van der Waals surface area contributed by atoms with Crippen molar-refractivity contribution in [3.8, 4) is 22.9 Å². The average Bonchev–Trinajstić information content (AvgIpc) is 3.44. The highest BCUT2D eigenvalue weighted by molar-refractivity contribution is 6.08. The summed E-state index contributed by atoms with van der Waals surface area (Å²) in [4.78, 5) is 44.3. The van der Waals surface area contributed by atoms with Crippen molar-refractivity contribution in [1.82, 2.24) is 28.5 Å². The molecule has 0 unspecified atom stereocenters. The summed E-state index contributed by atoms with van der Waals surface area (Å²) in [5, 5.41) is 2.07. The number of rotatable bonds is 3. The molecule has 0 saturated carbocycles. The van der Waals surface area contributed by atoms with Gasteiger partial charge in [-0.15, -0.1) is 0 Å². The van der Waals surface area contributed by atoms with Crippen molar-refractivity contribution in [2.24, 2.45) is 0 Å².